The Labute approximate surface area is 148 Å². The molecule has 1 amide bonds. The number of piperazine rings is 1. The second-order valence-corrected chi connectivity index (χ2v) is 7.58. The number of hydrogen-bond donors (Lipinski definition) is 1. The van der Waals surface area contributed by atoms with Crippen molar-refractivity contribution in [3.8, 4) is 0 Å². The lowest BCUT2D eigenvalue weighted by Crippen LogP contribution is -2.57. The largest absolute Gasteiger partial charge is 0.423 e. The zero-order valence-electron chi connectivity index (χ0n) is 14.8. The number of carbonyl (C=O) groups is 1. The molecule has 0 radical (unpaired) electrons. The molecular formula is C19H26N4O2. The molecule has 2 fully saturated rings. The van der Waals surface area contributed by atoms with Gasteiger partial charge in [0, 0.05) is 31.7 Å². The van der Waals surface area contributed by atoms with Gasteiger partial charge in [-0.2, -0.15) is 4.98 Å². The molecular weight excluding hydrogens is 316 g/mol. The third-order valence-electron chi connectivity index (χ3n) is 5.70. The number of anilines is 1. The molecule has 2 atom stereocenters. The van der Waals surface area contributed by atoms with E-state index in [4.69, 9.17) is 10.2 Å². The maximum absolute atomic E-state index is 12.9. The summed E-state index contributed by atoms with van der Waals surface area (Å²) in [5.74, 6) is 0.180. The minimum Gasteiger partial charge on any atom is -0.423 e. The third-order valence-corrected chi connectivity index (χ3v) is 5.70. The van der Waals surface area contributed by atoms with Crippen LogP contribution in [-0.4, -0.2) is 47.5 Å². The lowest BCUT2D eigenvalue weighted by Gasteiger charge is -2.42. The van der Waals surface area contributed by atoms with Gasteiger partial charge >= 0.3 is 0 Å². The molecule has 25 heavy (non-hydrogen) atoms. The molecule has 6 nitrogen and oxygen atoms in total. The Balaban J connectivity index is 1.41. The number of aromatic nitrogens is 1. The fraction of sp³-hybridized carbons (Fsp3) is 0.579. The molecule has 4 rings (SSSR count). The standard InChI is InChI=1S/C19H26N4O2/c1-19(20)9-5-4-6-14(19)17(24)22-10-12-23(13-11-22)18-21-15-7-2-3-8-16(15)25-18/h2-3,7-8,14H,4-6,9-13,20H2,1H3. The predicted octanol–water partition coefficient (Wildman–Crippen LogP) is 2.38. The number of fused-ring (bicyclic) bond motifs is 1. The van der Waals surface area contributed by atoms with E-state index in [2.05, 4.69) is 9.88 Å². The van der Waals surface area contributed by atoms with E-state index in [0.717, 1.165) is 49.9 Å². The van der Waals surface area contributed by atoms with Crippen molar-refractivity contribution in [2.45, 2.75) is 38.1 Å². The molecule has 2 unspecified atom stereocenters. The van der Waals surface area contributed by atoms with Crippen LogP contribution < -0.4 is 10.6 Å². The van der Waals surface area contributed by atoms with E-state index in [-0.39, 0.29) is 17.4 Å². The van der Waals surface area contributed by atoms with Crippen molar-refractivity contribution < 1.29 is 9.21 Å². The van der Waals surface area contributed by atoms with Crippen LogP contribution in [0.5, 0.6) is 0 Å². The van der Waals surface area contributed by atoms with E-state index in [1.54, 1.807) is 0 Å². The van der Waals surface area contributed by atoms with Crippen LogP contribution in [0.4, 0.5) is 6.01 Å². The molecule has 2 heterocycles. The highest BCUT2D eigenvalue weighted by molar-refractivity contribution is 5.80. The first-order chi connectivity index (χ1) is 12.0. The smallest absolute Gasteiger partial charge is 0.298 e. The number of hydrogen-bond acceptors (Lipinski definition) is 5. The van der Waals surface area contributed by atoms with E-state index in [9.17, 15) is 4.79 Å². The van der Waals surface area contributed by atoms with Gasteiger partial charge in [-0.15, -0.1) is 0 Å². The summed E-state index contributed by atoms with van der Waals surface area (Å²) in [4.78, 5) is 21.6. The van der Waals surface area contributed by atoms with Gasteiger partial charge in [-0.25, -0.2) is 0 Å². The summed E-state index contributed by atoms with van der Waals surface area (Å²) in [7, 11) is 0. The molecule has 6 heteroatoms. The average Bonchev–Trinajstić information content (AvgIpc) is 3.05. The molecule has 1 saturated carbocycles. The summed E-state index contributed by atoms with van der Waals surface area (Å²) >= 11 is 0. The van der Waals surface area contributed by atoms with Crippen molar-refractivity contribution >= 4 is 23.0 Å². The van der Waals surface area contributed by atoms with Gasteiger partial charge in [0.1, 0.15) is 5.52 Å². The molecule has 2 N–H and O–H groups in total. The Morgan fingerprint density at radius 3 is 2.72 bits per heavy atom. The number of amides is 1. The first-order valence-corrected chi connectivity index (χ1v) is 9.23. The molecule has 1 saturated heterocycles. The number of para-hydroxylation sites is 2. The zero-order chi connectivity index (χ0) is 17.4. The van der Waals surface area contributed by atoms with E-state index < -0.39 is 0 Å². The molecule has 2 aromatic rings. The SMILES string of the molecule is CC1(N)CCCCC1C(=O)N1CCN(c2nc3ccccc3o2)CC1. The van der Waals surface area contributed by atoms with Crippen LogP contribution in [0.15, 0.2) is 28.7 Å². The van der Waals surface area contributed by atoms with Crippen molar-refractivity contribution in [1.82, 2.24) is 9.88 Å². The second kappa shape index (κ2) is 6.33. The van der Waals surface area contributed by atoms with Gasteiger partial charge < -0.3 is 20.0 Å². The summed E-state index contributed by atoms with van der Waals surface area (Å²) in [6.45, 7) is 4.91. The summed E-state index contributed by atoms with van der Waals surface area (Å²) < 4.78 is 5.84. The van der Waals surface area contributed by atoms with Gasteiger partial charge in [0.2, 0.25) is 5.91 Å². The highest BCUT2D eigenvalue weighted by Gasteiger charge is 2.40. The van der Waals surface area contributed by atoms with Crippen LogP contribution in [-0.2, 0) is 4.79 Å². The fourth-order valence-electron chi connectivity index (χ4n) is 4.10. The van der Waals surface area contributed by atoms with Gasteiger partial charge in [-0.1, -0.05) is 25.0 Å². The summed E-state index contributed by atoms with van der Waals surface area (Å²) in [5.41, 5.74) is 7.72. The lowest BCUT2D eigenvalue weighted by atomic mass is 9.74. The summed E-state index contributed by atoms with van der Waals surface area (Å²) in [6.07, 6.45) is 4.08. The highest BCUT2D eigenvalue weighted by atomic mass is 16.4. The Morgan fingerprint density at radius 2 is 2.00 bits per heavy atom. The van der Waals surface area contributed by atoms with Gasteiger partial charge in [0.05, 0.1) is 5.92 Å². The Hall–Kier alpha value is -2.08. The van der Waals surface area contributed by atoms with E-state index in [1.165, 1.54) is 0 Å². The average molecular weight is 342 g/mol. The fourth-order valence-corrected chi connectivity index (χ4v) is 4.10. The maximum atomic E-state index is 12.9. The van der Waals surface area contributed by atoms with Gasteiger partial charge in [0.15, 0.2) is 5.58 Å². The van der Waals surface area contributed by atoms with Crippen LogP contribution in [0.25, 0.3) is 11.1 Å². The molecule has 0 bridgehead atoms. The number of nitrogens with zero attached hydrogens (tertiary/aromatic N) is 3. The minimum atomic E-state index is -0.368. The Kier molecular flexibility index (Phi) is 4.15. The second-order valence-electron chi connectivity index (χ2n) is 7.58. The predicted molar refractivity (Wildman–Crippen MR) is 97.4 cm³/mol. The Morgan fingerprint density at radius 1 is 1.24 bits per heavy atom. The molecule has 1 aromatic heterocycles. The van der Waals surface area contributed by atoms with Gasteiger partial charge in [0.25, 0.3) is 6.01 Å². The first kappa shape index (κ1) is 16.4. The number of nitrogens with two attached hydrogens (primary N) is 1. The molecule has 1 aliphatic heterocycles. The summed E-state index contributed by atoms with van der Waals surface area (Å²) in [5, 5.41) is 0. The van der Waals surface area contributed by atoms with E-state index in [1.807, 2.05) is 36.1 Å². The first-order valence-electron chi connectivity index (χ1n) is 9.23. The van der Waals surface area contributed by atoms with Crippen molar-refractivity contribution in [2.75, 3.05) is 31.1 Å². The minimum absolute atomic E-state index is 0.0443. The number of carbonyl (C=O) groups excluding carboxylic acids is 1. The zero-order valence-corrected chi connectivity index (χ0v) is 14.8. The quantitative estimate of drug-likeness (QED) is 0.907. The van der Waals surface area contributed by atoms with Crippen LogP contribution in [0.2, 0.25) is 0 Å². The van der Waals surface area contributed by atoms with Gasteiger partial charge in [-0.05, 0) is 31.9 Å². The third kappa shape index (κ3) is 3.11. The Bertz CT molecular complexity index is 729. The summed E-state index contributed by atoms with van der Waals surface area (Å²) in [6, 6.07) is 8.43. The molecule has 2 aliphatic rings. The number of oxazole rings is 1. The van der Waals surface area contributed by atoms with Gasteiger partial charge in [-0.3, -0.25) is 4.79 Å². The van der Waals surface area contributed by atoms with Crippen LogP contribution in [0, 0.1) is 5.92 Å². The number of rotatable bonds is 2. The van der Waals surface area contributed by atoms with E-state index in [0.29, 0.717) is 19.1 Å². The topological polar surface area (TPSA) is 75.6 Å². The lowest BCUT2D eigenvalue weighted by molar-refractivity contribution is -0.139. The monoisotopic (exact) mass is 342 g/mol. The highest BCUT2D eigenvalue weighted by Crippen LogP contribution is 2.33. The maximum Gasteiger partial charge on any atom is 0.298 e. The van der Waals surface area contributed by atoms with E-state index >= 15 is 0 Å². The molecule has 0 spiro atoms. The van der Waals surface area contributed by atoms with Crippen LogP contribution in [0.1, 0.15) is 32.6 Å². The molecule has 1 aliphatic carbocycles. The van der Waals surface area contributed by atoms with Crippen LogP contribution >= 0.6 is 0 Å². The molecule has 1 aromatic carbocycles. The molecule has 134 valence electrons. The van der Waals surface area contributed by atoms with Crippen molar-refractivity contribution in [1.29, 1.82) is 0 Å². The van der Waals surface area contributed by atoms with Crippen LogP contribution in [0.3, 0.4) is 0 Å². The van der Waals surface area contributed by atoms with Crippen molar-refractivity contribution in [3.05, 3.63) is 24.3 Å². The normalized spacial score (nSPS) is 27.7. The van der Waals surface area contributed by atoms with Crippen molar-refractivity contribution in [3.63, 3.8) is 0 Å². The number of benzene rings is 1. The van der Waals surface area contributed by atoms with Crippen molar-refractivity contribution in [2.24, 2.45) is 11.7 Å².